The van der Waals surface area contributed by atoms with Crippen molar-refractivity contribution in [3.8, 4) is 22.4 Å². The highest BCUT2D eigenvalue weighted by molar-refractivity contribution is 9.10. The van der Waals surface area contributed by atoms with Gasteiger partial charge in [0, 0.05) is 42.6 Å². The van der Waals surface area contributed by atoms with Crippen molar-refractivity contribution >= 4 is 56.4 Å². The lowest BCUT2D eigenvalue weighted by Crippen LogP contribution is -2.12. The maximum atomic E-state index is 15.9. The average Bonchev–Trinajstić information content (AvgIpc) is 3.76. The first-order valence-electron chi connectivity index (χ1n) is 17.2. The molecule has 0 N–H and O–H groups in total. The van der Waals surface area contributed by atoms with Crippen LogP contribution in [0.4, 0.5) is 30.7 Å². The van der Waals surface area contributed by atoms with Crippen molar-refractivity contribution in [1.29, 1.82) is 0 Å². The Morgan fingerprint density at radius 3 is 1.68 bits per heavy atom. The minimum Gasteiger partial charge on any atom is -0.357 e. The van der Waals surface area contributed by atoms with Crippen LogP contribution in [0.25, 0.3) is 33.5 Å². The fourth-order valence-corrected chi connectivity index (χ4v) is 7.72. The Hall–Kier alpha value is -4.94. The monoisotopic (exact) mass is 887 g/mol. The molecule has 7 rings (SSSR count). The smallest absolute Gasteiger partial charge is 0.357 e. The van der Waals surface area contributed by atoms with Gasteiger partial charge in [-0.25, -0.2) is 4.99 Å². The Balaban J connectivity index is 1.67. The number of rotatable bonds is 7. The lowest BCUT2D eigenvalue weighted by molar-refractivity contribution is -0.138. The van der Waals surface area contributed by atoms with Crippen LogP contribution in [0.15, 0.2) is 141 Å². The average molecular weight is 889 g/mol. The molecule has 5 aromatic carbocycles. The van der Waals surface area contributed by atoms with Crippen LogP contribution in [0.5, 0.6) is 0 Å². The maximum absolute atomic E-state index is 15.9. The van der Waals surface area contributed by atoms with E-state index in [1.807, 2.05) is 57.2 Å². The zero-order valence-electron chi connectivity index (χ0n) is 29.9. The number of alkyl halides is 6. The number of nitrogens with zero attached hydrogens (tertiary/aromatic N) is 2. The normalized spacial score (nSPS) is 14.1. The van der Waals surface area contributed by atoms with Crippen LogP contribution in [0.3, 0.4) is 0 Å². The van der Waals surface area contributed by atoms with Crippen LogP contribution in [-0.2, 0) is 12.4 Å². The van der Waals surface area contributed by atoms with E-state index < -0.39 is 23.5 Å². The van der Waals surface area contributed by atoms with E-state index in [0.29, 0.717) is 46.9 Å². The van der Waals surface area contributed by atoms with E-state index in [9.17, 15) is 26.3 Å². The van der Waals surface area contributed by atoms with Crippen LogP contribution in [0.1, 0.15) is 50.2 Å². The summed E-state index contributed by atoms with van der Waals surface area (Å²) in [4.78, 5) is 5.13. The first kappa shape index (κ1) is 39.3. The second-order valence-corrected chi connectivity index (χ2v) is 15.3. The third-order valence-electron chi connectivity index (χ3n) is 9.59. The van der Waals surface area contributed by atoms with E-state index in [-0.39, 0.29) is 28.1 Å². The number of halogens is 9. The molecule has 0 aliphatic carbocycles. The Morgan fingerprint density at radius 1 is 0.625 bits per heavy atom. The first-order chi connectivity index (χ1) is 26.5. The standard InChI is InChI=1S/C44H29BBr2F7N2/c1-24-18-25(2)39(26(3)19-24)40(41-35(29-6-4-8-31(20-29)43(48,49)50)22-37(55-41)27-10-14-33(46)15-11-27)42-36(30-7-5-9-32(21-30)44(51,52)53)23-38(56(42)45-54)28-12-16-34(47)17-13-28/h4-23H,1-3H3/b41-40-. The van der Waals surface area contributed by atoms with Crippen molar-refractivity contribution in [1.82, 2.24) is 4.48 Å². The summed E-state index contributed by atoms with van der Waals surface area (Å²) in [5.74, 6) is 0. The number of allylic oxidation sites excluding steroid dienone is 2. The Labute approximate surface area is 336 Å². The lowest BCUT2D eigenvalue weighted by Gasteiger charge is -2.22. The highest BCUT2D eigenvalue weighted by atomic mass is 79.9. The summed E-state index contributed by atoms with van der Waals surface area (Å²) in [5.41, 5.74) is 4.80. The third kappa shape index (κ3) is 7.73. The van der Waals surface area contributed by atoms with Gasteiger partial charge >= 0.3 is 20.0 Å². The molecule has 56 heavy (non-hydrogen) atoms. The van der Waals surface area contributed by atoms with Gasteiger partial charge in [0.2, 0.25) is 0 Å². The second-order valence-electron chi connectivity index (χ2n) is 13.5. The molecule has 0 unspecified atom stereocenters. The number of aryl methyl sites for hydroxylation is 3. The molecule has 6 aromatic rings. The van der Waals surface area contributed by atoms with Gasteiger partial charge < -0.3 is 8.79 Å². The zero-order chi connectivity index (χ0) is 40.1. The van der Waals surface area contributed by atoms with Gasteiger partial charge in [0.05, 0.1) is 22.5 Å². The predicted molar refractivity (Wildman–Crippen MR) is 217 cm³/mol. The van der Waals surface area contributed by atoms with Crippen molar-refractivity contribution in [2.24, 2.45) is 4.99 Å². The molecule has 1 aliphatic rings. The van der Waals surface area contributed by atoms with Gasteiger partial charge in [-0.3, -0.25) is 0 Å². The van der Waals surface area contributed by atoms with Gasteiger partial charge in [0.15, 0.2) is 0 Å². The number of hydrogen-bond acceptors (Lipinski definition) is 1. The molecule has 2 heterocycles. The summed E-state index contributed by atoms with van der Waals surface area (Å²) in [6.07, 6.45) is -7.64. The molecule has 0 amide bonds. The molecule has 0 fully saturated rings. The fraction of sp³-hybridized carbons (Fsp3) is 0.114. The summed E-state index contributed by atoms with van der Waals surface area (Å²) >= 11 is 6.88. The molecule has 2 nitrogen and oxygen atoms in total. The van der Waals surface area contributed by atoms with Gasteiger partial charge in [-0.2, -0.15) is 26.3 Å². The Bertz CT molecular complexity index is 2560. The molecule has 1 radical (unpaired) electrons. The summed E-state index contributed by atoms with van der Waals surface area (Å²) < 4.78 is 104. The summed E-state index contributed by atoms with van der Waals surface area (Å²) in [7, 11) is 0.352. The van der Waals surface area contributed by atoms with Gasteiger partial charge in [-0.1, -0.05) is 98.1 Å². The van der Waals surface area contributed by atoms with E-state index in [1.54, 1.807) is 42.5 Å². The van der Waals surface area contributed by atoms with Gasteiger partial charge in [-0.05, 0) is 115 Å². The topological polar surface area (TPSA) is 17.3 Å². The Kier molecular flexibility index (Phi) is 10.7. The quantitative estimate of drug-likeness (QED) is 0.112. The fourth-order valence-electron chi connectivity index (χ4n) is 7.19. The molecule has 12 heteroatoms. The Morgan fingerprint density at radius 2 is 1.14 bits per heavy atom. The number of hydrogen-bond donors (Lipinski definition) is 0. The lowest BCUT2D eigenvalue weighted by atomic mass is 9.85. The van der Waals surface area contributed by atoms with Crippen molar-refractivity contribution < 1.29 is 30.7 Å². The number of benzene rings is 5. The minimum atomic E-state index is -4.68. The molecule has 281 valence electrons. The second kappa shape index (κ2) is 15.2. The predicted octanol–water partition coefficient (Wildman–Crippen LogP) is 14.0. The van der Waals surface area contributed by atoms with E-state index in [2.05, 4.69) is 31.9 Å². The molecule has 1 aliphatic heterocycles. The molecular weight excluding hydrogens is 860 g/mol. The molecule has 0 saturated heterocycles. The maximum Gasteiger partial charge on any atom is 0.495 e. The molecule has 0 bridgehead atoms. The molecule has 0 saturated carbocycles. The zero-order valence-corrected chi connectivity index (χ0v) is 33.1. The van der Waals surface area contributed by atoms with Crippen molar-refractivity contribution in [2.45, 2.75) is 33.1 Å². The van der Waals surface area contributed by atoms with Crippen LogP contribution in [0.2, 0.25) is 0 Å². The SMILES string of the molecule is Cc1cc(C)c(/C(=C2/N=C(c3ccc(Br)cc3)C=C2c2cccc(C(F)(F)F)c2)c2c(-c3cccc(C(F)(F)F)c3)cc(-c3ccc(Br)cc3)n2[B]F)c(C)c1. The van der Waals surface area contributed by atoms with Crippen LogP contribution < -0.4 is 0 Å². The third-order valence-corrected chi connectivity index (χ3v) is 10.6. The van der Waals surface area contributed by atoms with Crippen LogP contribution in [0, 0.1) is 20.8 Å². The largest absolute Gasteiger partial charge is 0.495 e. The molecule has 1 aromatic heterocycles. The summed E-state index contributed by atoms with van der Waals surface area (Å²) in [5, 5.41) is 0. The van der Waals surface area contributed by atoms with Crippen molar-refractivity contribution in [3.05, 3.63) is 186 Å². The summed E-state index contributed by atoms with van der Waals surface area (Å²) in [6, 6.07) is 29.4. The number of aliphatic imine (C=N–C) groups is 1. The van der Waals surface area contributed by atoms with E-state index in [1.165, 1.54) is 22.7 Å². The van der Waals surface area contributed by atoms with Gasteiger partial charge in [0.25, 0.3) is 0 Å². The minimum absolute atomic E-state index is 0.147. The highest BCUT2D eigenvalue weighted by Gasteiger charge is 2.35. The first-order valence-corrected chi connectivity index (χ1v) is 18.8. The molecular formula is C44H29BBr2F7N2. The van der Waals surface area contributed by atoms with E-state index >= 15 is 4.32 Å². The molecule has 0 atom stereocenters. The van der Waals surface area contributed by atoms with E-state index in [0.717, 1.165) is 49.9 Å². The highest BCUT2D eigenvalue weighted by Crippen LogP contribution is 2.47. The van der Waals surface area contributed by atoms with Gasteiger partial charge in [0.1, 0.15) is 0 Å². The van der Waals surface area contributed by atoms with Crippen LogP contribution in [-0.4, -0.2) is 17.9 Å². The van der Waals surface area contributed by atoms with Gasteiger partial charge in [-0.15, -0.1) is 0 Å². The van der Waals surface area contributed by atoms with Crippen LogP contribution >= 0.6 is 31.9 Å². The van der Waals surface area contributed by atoms with E-state index in [4.69, 9.17) is 4.99 Å². The summed E-state index contributed by atoms with van der Waals surface area (Å²) in [6.45, 7) is 5.65. The molecule has 0 spiro atoms. The number of aromatic nitrogens is 1. The van der Waals surface area contributed by atoms with Crippen molar-refractivity contribution in [2.75, 3.05) is 0 Å². The van der Waals surface area contributed by atoms with Crippen molar-refractivity contribution in [3.63, 3.8) is 0 Å².